The highest BCUT2D eigenvalue weighted by Crippen LogP contribution is 2.11. The Labute approximate surface area is 66.8 Å². The fraction of sp³-hybridized carbons (Fsp3) is 0.500. The van der Waals surface area contributed by atoms with Crippen LogP contribution in [-0.4, -0.2) is 11.5 Å². The van der Waals surface area contributed by atoms with Gasteiger partial charge in [-0.2, -0.15) is 0 Å². The van der Waals surface area contributed by atoms with Gasteiger partial charge in [-0.05, 0) is 31.5 Å². The van der Waals surface area contributed by atoms with Crippen molar-refractivity contribution in [2.75, 3.05) is 6.54 Å². The van der Waals surface area contributed by atoms with Crippen molar-refractivity contribution >= 4 is 0 Å². The van der Waals surface area contributed by atoms with Gasteiger partial charge >= 0.3 is 0 Å². The Morgan fingerprint density at radius 3 is 2.91 bits per heavy atom. The van der Waals surface area contributed by atoms with Crippen LogP contribution >= 0.6 is 0 Å². The summed E-state index contributed by atoms with van der Waals surface area (Å²) in [5.41, 5.74) is 12.3. The maximum atomic E-state index is 5.84. The lowest BCUT2D eigenvalue weighted by atomic mass is 10.1. The number of aromatic amines is 1. The smallest absolute Gasteiger partial charge is 0.0448 e. The summed E-state index contributed by atoms with van der Waals surface area (Å²) >= 11 is 0. The Kier molecular flexibility index (Phi) is 3.14. The lowest BCUT2D eigenvalue weighted by molar-refractivity contribution is 0.606. The molecule has 0 fully saturated rings. The maximum Gasteiger partial charge on any atom is 0.0448 e. The van der Waals surface area contributed by atoms with E-state index in [4.69, 9.17) is 11.5 Å². The van der Waals surface area contributed by atoms with Crippen LogP contribution in [0.3, 0.4) is 0 Å². The van der Waals surface area contributed by atoms with Crippen molar-refractivity contribution < 1.29 is 0 Å². The van der Waals surface area contributed by atoms with Gasteiger partial charge in [0.05, 0.1) is 0 Å². The Morgan fingerprint density at radius 2 is 2.36 bits per heavy atom. The second-order valence-corrected chi connectivity index (χ2v) is 2.66. The summed E-state index contributed by atoms with van der Waals surface area (Å²) in [5.74, 6) is 0. The minimum Gasteiger partial charge on any atom is -0.364 e. The van der Waals surface area contributed by atoms with Crippen molar-refractivity contribution in [3.05, 3.63) is 24.0 Å². The zero-order valence-electron chi connectivity index (χ0n) is 6.59. The van der Waals surface area contributed by atoms with Crippen molar-refractivity contribution in [3.63, 3.8) is 0 Å². The molecule has 0 saturated heterocycles. The number of H-pyrrole nitrogens is 1. The van der Waals surface area contributed by atoms with Crippen LogP contribution in [0.15, 0.2) is 18.3 Å². The molecule has 0 aliphatic heterocycles. The van der Waals surface area contributed by atoms with Gasteiger partial charge < -0.3 is 16.5 Å². The monoisotopic (exact) mass is 153 g/mol. The second-order valence-electron chi connectivity index (χ2n) is 2.66. The molecule has 1 aromatic heterocycles. The first kappa shape index (κ1) is 8.30. The molecule has 3 nitrogen and oxygen atoms in total. The van der Waals surface area contributed by atoms with Gasteiger partial charge in [0.1, 0.15) is 0 Å². The van der Waals surface area contributed by atoms with Crippen molar-refractivity contribution in [1.29, 1.82) is 0 Å². The summed E-state index contributed by atoms with van der Waals surface area (Å²) in [6.07, 6.45) is 3.83. The molecular formula is C8H15N3. The summed E-state index contributed by atoms with van der Waals surface area (Å²) in [6, 6.07) is 4.08. The molecule has 1 atom stereocenters. The Hall–Kier alpha value is -0.800. The van der Waals surface area contributed by atoms with E-state index in [0.717, 1.165) is 18.5 Å². The molecule has 0 bridgehead atoms. The van der Waals surface area contributed by atoms with Gasteiger partial charge in [-0.25, -0.2) is 0 Å². The summed E-state index contributed by atoms with van der Waals surface area (Å²) in [7, 11) is 0. The SMILES string of the molecule is NCCC[C@H](N)c1ccc[nH]1. The van der Waals surface area contributed by atoms with Gasteiger partial charge in [-0.1, -0.05) is 0 Å². The fourth-order valence-corrected chi connectivity index (χ4v) is 1.07. The predicted molar refractivity (Wildman–Crippen MR) is 46.0 cm³/mol. The van der Waals surface area contributed by atoms with E-state index in [-0.39, 0.29) is 6.04 Å². The first-order valence-electron chi connectivity index (χ1n) is 3.93. The maximum absolute atomic E-state index is 5.84. The summed E-state index contributed by atoms with van der Waals surface area (Å²) < 4.78 is 0. The highest BCUT2D eigenvalue weighted by atomic mass is 14.8. The molecule has 5 N–H and O–H groups in total. The third kappa shape index (κ3) is 2.37. The van der Waals surface area contributed by atoms with E-state index in [0.29, 0.717) is 6.54 Å². The zero-order valence-corrected chi connectivity index (χ0v) is 6.59. The molecule has 62 valence electrons. The molecular weight excluding hydrogens is 138 g/mol. The van der Waals surface area contributed by atoms with E-state index in [1.165, 1.54) is 0 Å². The standard InChI is InChI=1S/C8H15N3/c9-5-1-3-7(10)8-4-2-6-11-8/h2,4,6-7,11H,1,3,5,9-10H2/t7-/m0/s1. The van der Waals surface area contributed by atoms with E-state index < -0.39 is 0 Å². The molecule has 0 saturated carbocycles. The fourth-order valence-electron chi connectivity index (χ4n) is 1.07. The minimum atomic E-state index is 0.119. The number of nitrogens with one attached hydrogen (secondary N) is 1. The van der Waals surface area contributed by atoms with E-state index in [1.54, 1.807) is 0 Å². The van der Waals surface area contributed by atoms with Gasteiger partial charge in [0.15, 0.2) is 0 Å². The first-order valence-corrected chi connectivity index (χ1v) is 3.93. The molecule has 0 aliphatic rings. The average molecular weight is 153 g/mol. The number of hydrogen-bond donors (Lipinski definition) is 3. The minimum absolute atomic E-state index is 0.119. The lowest BCUT2D eigenvalue weighted by Crippen LogP contribution is -2.12. The molecule has 0 unspecified atom stereocenters. The quantitative estimate of drug-likeness (QED) is 0.597. The number of hydrogen-bond acceptors (Lipinski definition) is 2. The largest absolute Gasteiger partial charge is 0.364 e. The highest BCUT2D eigenvalue weighted by Gasteiger charge is 2.04. The van der Waals surface area contributed by atoms with Crippen LogP contribution in [0, 0.1) is 0 Å². The molecule has 0 aliphatic carbocycles. The Morgan fingerprint density at radius 1 is 1.55 bits per heavy atom. The van der Waals surface area contributed by atoms with E-state index in [1.807, 2.05) is 18.3 Å². The molecule has 3 heteroatoms. The molecule has 0 amide bonds. The van der Waals surface area contributed by atoms with Gasteiger partial charge in [0, 0.05) is 17.9 Å². The van der Waals surface area contributed by atoms with Crippen molar-refractivity contribution in [2.45, 2.75) is 18.9 Å². The summed E-state index contributed by atoms with van der Waals surface area (Å²) in [6.45, 7) is 0.717. The van der Waals surface area contributed by atoms with E-state index in [2.05, 4.69) is 4.98 Å². The molecule has 0 aromatic carbocycles. The Bertz CT molecular complexity index is 181. The molecule has 1 aromatic rings. The van der Waals surface area contributed by atoms with Gasteiger partial charge in [0.2, 0.25) is 0 Å². The van der Waals surface area contributed by atoms with Gasteiger partial charge in [0.25, 0.3) is 0 Å². The van der Waals surface area contributed by atoms with Crippen LogP contribution in [0.5, 0.6) is 0 Å². The molecule has 1 heterocycles. The van der Waals surface area contributed by atoms with Crippen LogP contribution in [0.1, 0.15) is 24.6 Å². The van der Waals surface area contributed by atoms with Gasteiger partial charge in [-0.3, -0.25) is 0 Å². The van der Waals surface area contributed by atoms with Crippen LogP contribution in [0.2, 0.25) is 0 Å². The third-order valence-electron chi connectivity index (χ3n) is 1.74. The van der Waals surface area contributed by atoms with Crippen LogP contribution in [0.4, 0.5) is 0 Å². The molecule has 1 rings (SSSR count). The summed E-state index contributed by atoms with van der Waals surface area (Å²) in [4.78, 5) is 3.08. The molecule has 0 radical (unpaired) electrons. The van der Waals surface area contributed by atoms with E-state index in [9.17, 15) is 0 Å². The van der Waals surface area contributed by atoms with Crippen LogP contribution in [-0.2, 0) is 0 Å². The third-order valence-corrected chi connectivity index (χ3v) is 1.74. The molecule has 11 heavy (non-hydrogen) atoms. The van der Waals surface area contributed by atoms with E-state index >= 15 is 0 Å². The highest BCUT2D eigenvalue weighted by molar-refractivity contribution is 5.07. The zero-order chi connectivity index (χ0) is 8.10. The lowest BCUT2D eigenvalue weighted by Gasteiger charge is -2.07. The topological polar surface area (TPSA) is 67.8 Å². The van der Waals surface area contributed by atoms with Crippen molar-refractivity contribution in [3.8, 4) is 0 Å². The Balaban J connectivity index is 2.36. The van der Waals surface area contributed by atoms with Gasteiger partial charge in [-0.15, -0.1) is 0 Å². The number of nitrogens with two attached hydrogens (primary N) is 2. The number of aromatic nitrogens is 1. The molecule has 0 spiro atoms. The first-order chi connectivity index (χ1) is 5.34. The number of rotatable bonds is 4. The summed E-state index contributed by atoms with van der Waals surface area (Å²) in [5, 5.41) is 0. The predicted octanol–water partition coefficient (Wildman–Crippen LogP) is 0.753. The normalized spacial score (nSPS) is 13.3. The van der Waals surface area contributed by atoms with Crippen molar-refractivity contribution in [2.24, 2.45) is 11.5 Å². The van der Waals surface area contributed by atoms with Crippen LogP contribution < -0.4 is 11.5 Å². The second kappa shape index (κ2) is 4.16. The van der Waals surface area contributed by atoms with Crippen LogP contribution in [0.25, 0.3) is 0 Å². The van der Waals surface area contributed by atoms with Crippen molar-refractivity contribution in [1.82, 2.24) is 4.98 Å². The average Bonchev–Trinajstić information content (AvgIpc) is 2.52.